The lowest BCUT2D eigenvalue weighted by molar-refractivity contribution is 1.02. The number of para-hydroxylation sites is 2. The van der Waals surface area contributed by atoms with Gasteiger partial charge in [0.15, 0.2) is 0 Å². The minimum absolute atomic E-state index is 0.662. The Balaban J connectivity index is 1.31. The van der Waals surface area contributed by atoms with E-state index in [1.54, 1.807) is 0 Å². The number of hydrogen-bond donors (Lipinski definition) is 0. The van der Waals surface area contributed by atoms with Crippen LogP contribution in [0.15, 0.2) is 170 Å². The Labute approximate surface area is 308 Å². The van der Waals surface area contributed by atoms with E-state index in [0.717, 1.165) is 38.6 Å². The van der Waals surface area contributed by atoms with Crippen molar-refractivity contribution in [3.63, 3.8) is 0 Å². The molecule has 0 bridgehead atoms. The van der Waals surface area contributed by atoms with Crippen molar-refractivity contribution in [1.82, 2.24) is 18.9 Å². The standard InChI is InChI=1S/C50H28N4/c1-2-15-31(16-3-1)46-45-33-18-7-5-13-29(33)25-27-39(45)51-50(52-46)54-40-24-11-10-21-36(40)43-34-19-8-9-20-35(34)44-38-23-12-22-37-42-32-17-6-4-14-30(32)26-28-41(42)53(47(37)38)48(44)49(43)54/h1-28H. The normalized spacial score (nSPS) is 12.4. The van der Waals surface area contributed by atoms with Crippen molar-refractivity contribution in [2.45, 2.75) is 0 Å². The highest BCUT2D eigenvalue weighted by Gasteiger charge is 2.27. The zero-order valence-corrected chi connectivity index (χ0v) is 29.0. The first-order valence-corrected chi connectivity index (χ1v) is 18.5. The molecule has 0 N–H and O–H groups in total. The van der Waals surface area contributed by atoms with Gasteiger partial charge in [-0.3, -0.25) is 4.57 Å². The van der Waals surface area contributed by atoms with Gasteiger partial charge in [-0.25, -0.2) is 9.97 Å². The lowest BCUT2D eigenvalue weighted by Crippen LogP contribution is -2.04. The van der Waals surface area contributed by atoms with E-state index < -0.39 is 0 Å². The van der Waals surface area contributed by atoms with Gasteiger partial charge in [-0.15, -0.1) is 0 Å². The maximum absolute atomic E-state index is 5.60. The van der Waals surface area contributed by atoms with Crippen molar-refractivity contribution in [2.75, 3.05) is 0 Å². The monoisotopic (exact) mass is 684 g/mol. The minimum Gasteiger partial charge on any atom is -0.306 e. The summed E-state index contributed by atoms with van der Waals surface area (Å²) in [6.07, 6.45) is 0. The zero-order valence-electron chi connectivity index (χ0n) is 29.0. The molecule has 9 aromatic carbocycles. The van der Waals surface area contributed by atoms with Crippen LogP contribution in [0.4, 0.5) is 0 Å². The molecule has 0 saturated heterocycles. The van der Waals surface area contributed by atoms with E-state index in [1.807, 2.05) is 0 Å². The Morgan fingerprint density at radius 3 is 1.67 bits per heavy atom. The Hall–Kier alpha value is -7.30. The fourth-order valence-corrected chi connectivity index (χ4v) is 9.67. The summed E-state index contributed by atoms with van der Waals surface area (Å²) in [6.45, 7) is 0. The molecule has 0 atom stereocenters. The first-order chi connectivity index (χ1) is 26.8. The molecule has 4 nitrogen and oxygen atoms in total. The van der Waals surface area contributed by atoms with Gasteiger partial charge in [0.2, 0.25) is 5.95 Å². The van der Waals surface area contributed by atoms with Gasteiger partial charge in [0.05, 0.1) is 38.8 Å². The van der Waals surface area contributed by atoms with Crippen LogP contribution in [0.5, 0.6) is 0 Å². The number of hydrogen-bond acceptors (Lipinski definition) is 2. The van der Waals surface area contributed by atoms with Crippen LogP contribution >= 0.6 is 0 Å². The first-order valence-electron chi connectivity index (χ1n) is 18.5. The van der Waals surface area contributed by atoms with Gasteiger partial charge in [0.1, 0.15) is 0 Å². The molecule has 4 heterocycles. The molecule has 4 heteroatoms. The average molecular weight is 685 g/mol. The molecular formula is C50H28N4. The van der Waals surface area contributed by atoms with Gasteiger partial charge in [0, 0.05) is 43.3 Å². The van der Waals surface area contributed by atoms with Gasteiger partial charge < -0.3 is 4.40 Å². The van der Waals surface area contributed by atoms with Crippen molar-refractivity contribution >= 4 is 103 Å². The molecule has 0 radical (unpaired) electrons. The molecule has 0 aliphatic heterocycles. The summed E-state index contributed by atoms with van der Waals surface area (Å²) in [5.74, 6) is 0.662. The molecule has 13 rings (SSSR count). The van der Waals surface area contributed by atoms with Gasteiger partial charge >= 0.3 is 0 Å². The van der Waals surface area contributed by atoms with Crippen LogP contribution in [0.3, 0.4) is 0 Å². The topological polar surface area (TPSA) is 35.1 Å². The average Bonchev–Trinajstić information content (AvgIpc) is 3.89. The first kappa shape index (κ1) is 28.3. The molecule has 0 saturated carbocycles. The molecule has 0 aliphatic rings. The minimum atomic E-state index is 0.662. The Morgan fingerprint density at radius 2 is 0.907 bits per heavy atom. The van der Waals surface area contributed by atoms with Crippen LogP contribution in [-0.2, 0) is 0 Å². The Morgan fingerprint density at radius 1 is 0.333 bits per heavy atom. The molecule has 0 amide bonds. The largest absolute Gasteiger partial charge is 0.306 e. The number of rotatable bonds is 2. The highest BCUT2D eigenvalue weighted by Crippen LogP contribution is 2.49. The molecule has 54 heavy (non-hydrogen) atoms. The smallest absolute Gasteiger partial charge is 0.235 e. The molecule has 4 aromatic heterocycles. The molecule has 0 unspecified atom stereocenters. The third kappa shape index (κ3) is 3.48. The second-order valence-electron chi connectivity index (χ2n) is 14.5. The number of nitrogens with zero attached hydrogens (tertiary/aromatic N) is 4. The lowest BCUT2D eigenvalue weighted by atomic mass is 9.97. The second kappa shape index (κ2) is 10.2. The molecule has 248 valence electrons. The van der Waals surface area contributed by atoms with Gasteiger partial charge in [-0.05, 0) is 50.5 Å². The summed E-state index contributed by atoms with van der Waals surface area (Å²) in [5.41, 5.74) is 8.76. The molecule has 0 spiro atoms. The summed E-state index contributed by atoms with van der Waals surface area (Å²) in [7, 11) is 0. The van der Waals surface area contributed by atoms with Crippen molar-refractivity contribution in [3.8, 4) is 17.2 Å². The fraction of sp³-hybridized carbons (Fsp3) is 0. The Bertz CT molecular complexity index is 3720. The van der Waals surface area contributed by atoms with Crippen LogP contribution in [-0.4, -0.2) is 18.9 Å². The number of fused-ring (bicyclic) bond motifs is 18. The lowest BCUT2D eigenvalue weighted by Gasteiger charge is -2.14. The molecule has 0 fully saturated rings. The molecular weight excluding hydrogens is 657 g/mol. The predicted molar refractivity (Wildman–Crippen MR) is 226 cm³/mol. The van der Waals surface area contributed by atoms with E-state index in [0.29, 0.717) is 5.95 Å². The highest BCUT2D eigenvalue weighted by atomic mass is 15.2. The highest BCUT2D eigenvalue weighted by molar-refractivity contribution is 6.39. The van der Waals surface area contributed by atoms with Crippen molar-refractivity contribution < 1.29 is 0 Å². The van der Waals surface area contributed by atoms with E-state index in [2.05, 4.69) is 179 Å². The summed E-state index contributed by atoms with van der Waals surface area (Å²) in [6, 6.07) is 61.4. The van der Waals surface area contributed by atoms with Gasteiger partial charge in [-0.2, -0.15) is 0 Å². The summed E-state index contributed by atoms with van der Waals surface area (Å²) in [5, 5.41) is 15.9. The summed E-state index contributed by atoms with van der Waals surface area (Å²) < 4.78 is 4.89. The molecule has 0 aliphatic carbocycles. The van der Waals surface area contributed by atoms with E-state index in [-0.39, 0.29) is 0 Å². The van der Waals surface area contributed by atoms with Crippen LogP contribution < -0.4 is 0 Å². The quantitative estimate of drug-likeness (QED) is 0.170. The zero-order chi connectivity index (χ0) is 35.1. The predicted octanol–water partition coefficient (Wildman–Crippen LogP) is 13.0. The fourth-order valence-electron chi connectivity index (χ4n) is 9.67. The maximum Gasteiger partial charge on any atom is 0.235 e. The van der Waals surface area contributed by atoms with E-state index in [1.165, 1.54) is 75.8 Å². The van der Waals surface area contributed by atoms with Crippen molar-refractivity contribution in [3.05, 3.63) is 170 Å². The van der Waals surface area contributed by atoms with E-state index in [4.69, 9.17) is 9.97 Å². The summed E-state index contributed by atoms with van der Waals surface area (Å²) in [4.78, 5) is 11.1. The third-order valence-corrected chi connectivity index (χ3v) is 11.8. The SMILES string of the molecule is c1ccc(-c2nc(-n3c4ccccc4c4c5ccccc5c5c6cccc7c8c9ccccc9ccc8n(c76)c5c43)nc3ccc4ccccc4c23)cc1. The van der Waals surface area contributed by atoms with Gasteiger partial charge in [-0.1, -0.05) is 152 Å². The van der Waals surface area contributed by atoms with Crippen LogP contribution in [0, 0.1) is 0 Å². The van der Waals surface area contributed by atoms with Crippen molar-refractivity contribution in [1.29, 1.82) is 0 Å². The van der Waals surface area contributed by atoms with Crippen LogP contribution in [0.25, 0.3) is 120 Å². The Kier molecular flexibility index (Phi) is 5.34. The summed E-state index contributed by atoms with van der Waals surface area (Å²) >= 11 is 0. The second-order valence-corrected chi connectivity index (χ2v) is 14.5. The number of aromatic nitrogens is 4. The van der Waals surface area contributed by atoms with Crippen molar-refractivity contribution in [2.24, 2.45) is 0 Å². The maximum atomic E-state index is 5.60. The third-order valence-electron chi connectivity index (χ3n) is 11.8. The molecule has 13 aromatic rings. The van der Waals surface area contributed by atoms with Crippen LogP contribution in [0.2, 0.25) is 0 Å². The van der Waals surface area contributed by atoms with Crippen LogP contribution in [0.1, 0.15) is 0 Å². The van der Waals surface area contributed by atoms with E-state index >= 15 is 0 Å². The van der Waals surface area contributed by atoms with Gasteiger partial charge in [0.25, 0.3) is 0 Å². The van der Waals surface area contributed by atoms with E-state index in [9.17, 15) is 0 Å². The number of benzene rings is 9.